The first-order valence-electron chi connectivity index (χ1n) is 6.59. The van der Waals surface area contributed by atoms with E-state index in [2.05, 4.69) is 0 Å². The first-order valence-corrected chi connectivity index (χ1v) is 8.44. The van der Waals surface area contributed by atoms with Crippen LogP contribution in [0.3, 0.4) is 0 Å². The van der Waals surface area contributed by atoms with Crippen molar-refractivity contribution in [3.05, 3.63) is 0 Å². The molecule has 0 aromatic carbocycles. The fourth-order valence-corrected chi connectivity index (χ4v) is 3.94. The molecule has 104 valence electrons. The highest BCUT2D eigenvalue weighted by Crippen LogP contribution is 2.40. The molecule has 0 unspecified atom stereocenters. The van der Waals surface area contributed by atoms with Crippen molar-refractivity contribution >= 4 is 15.9 Å². The summed E-state index contributed by atoms with van der Waals surface area (Å²) in [6.07, 6.45) is 4.56. The van der Waals surface area contributed by atoms with Crippen LogP contribution in [0.5, 0.6) is 0 Å². The average molecular weight is 274 g/mol. The molecule has 5 nitrogen and oxygen atoms in total. The van der Waals surface area contributed by atoms with Crippen molar-refractivity contribution in [3.8, 4) is 0 Å². The van der Waals surface area contributed by atoms with Gasteiger partial charge < -0.3 is 4.90 Å². The molecule has 0 bridgehead atoms. The number of carbonyl (C=O) groups is 1. The molecule has 0 saturated carbocycles. The topological polar surface area (TPSA) is 57.7 Å². The standard InChI is InChI=1S/C12H22N2O3S/c1-3-13-10-12(5-4-11(13)15)6-8-14(9-7-12)18(2,16)17/h3-10H2,1-2H3. The van der Waals surface area contributed by atoms with E-state index in [0.717, 1.165) is 32.4 Å². The zero-order valence-corrected chi connectivity index (χ0v) is 12.0. The van der Waals surface area contributed by atoms with E-state index < -0.39 is 10.0 Å². The van der Waals surface area contributed by atoms with Gasteiger partial charge in [-0.25, -0.2) is 12.7 Å². The molecule has 2 heterocycles. The Morgan fingerprint density at radius 3 is 2.33 bits per heavy atom. The van der Waals surface area contributed by atoms with Gasteiger partial charge in [0.2, 0.25) is 15.9 Å². The van der Waals surface area contributed by atoms with E-state index in [9.17, 15) is 13.2 Å². The number of likely N-dealkylation sites (tertiary alicyclic amines) is 1. The first-order chi connectivity index (χ1) is 8.36. The van der Waals surface area contributed by atoms with Crippen molar-refractivity contribution in [2.75, 3.05) is 32.4 Å². The summed E-state index contributed by atoms with van der Waals surface area (Å²) in [6.45, 7) is 4.77. The van der Waals surface area contributed by atoms with E-state index in [1.807, 2.05) is 11.8 Å². The Hall–Kier alpha value is -0.620. The Bertz CT molecular complexity index is 425. The predicted octanol–water partition coefficient (Wildman–Crippen LogP) is 0.671. The molecule has 0 radical (unpaired) electrons. The summed E-state index contributed by atoms with van der Waals surface area (Å²) in [4.78, 5) is 13.6. The molecule has 2 fully saturated rings. The monoisotopic (exact) mass is 274 g/mol. The van der Waals surface area contributed by atoms with Crippen molar-refractivity contribution < 1.29 is 13.2 Å². The van der Waals surface area contributed by atoms with Gasteiger partial charge in [0.05, 0.1) is 6.26 Å². The van der Waals surface area contributed by atoms with E-state index in [1.165, 1.54) is 6.26 Å². The maximum absolute atomic E-state index is 11.7. The van der Waals surface area contributed by atoms with Crippen LogP contribution in [0.2, 0.25) is 0 Å². The van der Waals surface area contributed by atoms with Gasteiger partial charge in [-0.2, -0.15) is 0 Å². The minimum Gasteiger partial charge on any atom is -0.342 e. The summed E-state index contributed by atoms with van der Waals surface area (Å²) in [6, 6.07) is 0. The number of hydrogen-bond donors (Lipinski definition) is 0. The molecule has 0 N–H and O–H groups in total. The summed E-state index contributed by atoms with van der Waals surface area (Å²) < 4.78 is 24.5. The van der Waals surface area contributed by atoms with Crippen molar-refractivity contribution in [1.82, 2.24) is 9.21 Å². The summed E-state index contributed by atoms with van der Waals surface area (Å²) >= 11 is 0. The van der Waals surface area contributed by atoms with Crippen LogP contribution < -0.4 is 0 Å². The molecule has 2 rings (SSSR count). The Balaban J connectivity index is 2.02. The Kier molecular flexibility index (Phi) is 3.69. The molecule has 2 aliphatic rings. The lowest BCUT2D eigenvalue weighted by atomic mass is 9.73. The van der Waals surface area contributed by atoms with E-state index in [4.69, 9.17) is 0 Å². The van der Waals surface area contributed by atoms with Crippen LogP contribution in [-0.2, 0) is 14.8 Å². The normalized spacial score (nSPS) is 25.7. The maximum atomic E-state index is 11.7. The van der Waals surface area contributed by atoms with Gasteiger partial charge in [0.25, 0.3) is 0 Å². The third-order valence-electron chi connectivity index (χ3n) is 4.38. The second-order valence-electron chi connectivity index (χ2n) is 5.57. The van der Waals surface area contributed by atoms with Crippen molar-refractivity contribution in [2.45, 2.75) is 32.6 Å². The zero-order chi connectivity index (χ0) is 13.4. The van der Waals surface area contributed by atoms with Crippen LogP contribution in [0.15, 0.2) is 0 Å². The number of nitrogens with zero attached hydrogens (tertiary/aromatic N) is 2. The molecular weight excluding hydrogens is 252 g/mol. The molecule has 1 amide bonds. The van der Waals surface area contributed by atoms with E-state index in [0.29, 0.717) is 19.5 Å². The quantitative estimate of drug-likeness (QED) is 0.743. The lowest BCUT2D eigenvalue weighted by molar-refractivity contribution is -0.138. The van der Waals surface area contributed by atoms with Gasteiger partial charge in [-0.1, -0.05) is 0 Å². The van der Waals surface area contributed by atoms with Crippen LogP contribution in [0, 0.1) is 5.41 Å². The third-order valence-corrected chi connectivity index (χ3v) is 5.69. The molecule has 18 heavy (non-hydrogen) atoms. The van der Waals surface area contributed by atoms with Crippen LogP contribution in [0.25, 0.3) is 0 Å². The van der Waals surface area contributed by atoms with Gasteiger partial charge in [-0.05, 0) is 31.6 Å². The third kappa shape index (κ3) is 2.69. The van der Waals surface area contributed by atoms with E-state index in [-0.39, 0.29) is 11.3 Å². The number of carbonyl (C=O) groups excluding carboxylic acids is 1. The number of piperidine rings is 2. The van der Waals surface area contributed by atoms with E-state index in [1.54, 1.807) is 4.31 Å². The van der Waals surface area contributed by atoms with Crippen LogP contribution >= 0.6 is 0 Å². The number of rotatable bonds is 2. The second-order valence-corrected chi connectivity index (χ2v) is 7.55. The van der Waals surface area contributed by atoms with Crippen molar-refractivity contribution in [3.63, 3.8) is 0 Å². The Morgan fingerprint density at radius 1 is 1.22 bits per heavy atom. The molecular formula is C12H22N2O3S. The molecule has 1 spiro atoms. The van der Waals surface area contributed by atoms with Crippen molar-refractivity contribution in [2.24, 2.45) is 5.41 Å². The largest absolute Gasteiger partial charge is 0.342 e. The Labute approximate surface area is 109 Å². The molecule has 0 aromatic rings. The van der Waals surface area contributed by atoms with E-state index >= 15 is 0 Å². The van der Waals surface area contributed by atoms with Gasteiger partial charge in [0, 0.05) is 32.6 Å². The highest BCUT2D eigenvalue weighted by atomic mass is 32.2. The minimum atomic E-state index is -3.06. The molecule has 2 saturated heterocycles. The highest BCUT2D eigenvalue weighted by molar-refractivity contribution is 7.88. The molecule has 2 aliphatic heterocycles. The van der Waals surface area contributed by atoms with Gasteiger partial charge in [0.1, 0.15) is 0 Å². The number of sulfonamides is 1. The fourth-order valence-electron chi connectivity index (χ4n) is 3.09. The number of hydrogen-bond acceptors (Lipinski definition) is 3. The van der Waals surface area contributed by atoms with Gasteiger partial charge in [0.15, 0.2) is 0 Å². The fraction of sp³-hybridized carbons (Fsp3) is 0.917. The molecule has 0 aliphatic carbocycles. The van der Waals surface area contributed by atoms with Crippen LogP contribution in [0.4, 0.5) is 0 Å². The zero-order valence-electron chi connectivity index (χ0n) is 11.2. The summed E-state index contributed by atoms with van der Waals surface area (Å²) in [5, 5.41) is 0. The molecule has 0 aromatic heterocycles. The van der Waals surface area contributed by atoms with Crippen LogP contribution in [0.1, 0.15) is 32.6 Å². The SMILES string of the molecule is CCN1CC2(CCC1=O)CCN(S(C)(=O)=O)CC2. The van der Waals surface area contributed by atoms with Crippen molar-refractivity contribution in [1.29, 1.82) is 0 Å². The second kappa shape index (κ2) is 4.81. The Morgan fingerprint density at radius 2 is 1.83 bits per heavy atom. The lowest BCUT2D eigenvalue weighted by Crippen LogP contribution is -2.52. The highest BCUT2D eigenvalue weighted by Gasteiger charge is 2.41. The van der Waals surface area contributed by atoms with Gasteiger partial charge in [-0.15, -0.1) is 0 Å². The minimum absolute atomic E-state index is 0.158. The maximum Gasteiger partial charge on any atom is 0.222 e. The molecule has 0 atom stereocenters. The number of amides is 1. The smallest absolute Gasteiger partial charge is 0.222 e. The molecule has 6 heteroatoms. The predicted molar refractivity (Wildman–Crippen MR) is 69.6 cm³/mol. The summed E-state index contributed by atoms with van der Waals surface area (Å²) in [5.74, 6) is 0.244. The van der Waals surface area contributed by atoms with Crippen LogP contribution in [-0.4, -0.2) is 56.0 Å². The summed E-state index contributed by atoms with van der Waals surface area (Å²) in [5.41, 5.74) is 0.158. The van der Waals surface area contributed by atoms with Gasteiger partial charge >= 0.3 is 0 Å². The lowest BCUT2D eigenvalue weighted by Gasteiger charge is -2.46. The summed E-state index contributed by atoms with van der Waals surface area (Å²) in [7, 11) is -3.06. The average Bonchev–Trinajstić information content (AvgIpc) is 2.32. The van der Waals surface area contributed by atoms with Gasteiger partial charge in [-0.3, -0.25) is 4.79 Å². The first kappa shape index (κ1) is 13.8.